The van der Waals surface area contributed by atoms with E-state index in [1.54, 1.807) is 7.11 Å². The number of ether oxygens (including phenoxy) is 1. The maximum absolute atomic E-state index is 5.37. The van der Waals surface area contributed by atoms with E-state index in [1.165, 1.54) is 42.4 Å². The van der Waals surface area contributed by atoms with Crippen LogP contribution in [0.3, 0.4) is 0 Å². The summed E-state index contributed by atoms with van der Waals surface area (Å²) in [6.07, 6.45) is 8.10. The lowest BCUT2D eigenvalue weighted by atomic mass is 9.87. The summed E-state index contributed by atoms with van der Waals surface area (Å²) in [5, 5.41) is 3.76. The molecule has 1 aromatic carbocycles. The van der Waals surface area contributed by atoms with Gasteiger partial charge in [0, 0.05) is 31.9 Å². The summed E-state index contributed by atoms with van der Waals surface area (Å²) >= 11 is 0. The quantitative estimate of drug-likeness (QED) is 0.899. The summed E-state index contributed by atoms with van der Waals surface area (Å²) in [6.45, 7) is 3.17. The molecule has 25 heavy (non-hydrogen) atoms. The third-order valence-electron chi connectivity index (χ3n) is 5.46. The van der Waals surface area contributed by atoms with Crippen LogP contribution in [0.15, 0.2) is 36.5 Å². The first-order valence-electron chi connectivity index (χ1n) is 9.43. The van der Waals surface area contributed by atoms with E-state index in [0.717, 1.165) is 37.6 Å². The van der Waals surface area contributed by atoms with Crippen molar-refractivity contribution in [1.82, 2.24) is 10.3 Å². The summed E-state index contributed by atoms with van der Waals surface area (Å²) in [5.74, 6) is 2.09. The zero-order valence-corrected chi connectivity index (χ0v) is 15.0. The van der Waals surface area contributed by atoms with Gasteiger partial charge < -0.3 is 15.0 Å². The van der Waals surface area contributed by atoms with Crippen LogP contribution in [0.2, 0.25) is 0 Å². The molecule has 4 nitrogen and oxygen atoms in total. The zero-order valence-electron chi connectivity index (χ0n) is 15.0. The van der Waals surface area contributed by atoms with E-state index in [9.17, 15) is 0 Å². The molecule has 1 N–H and O–H groups in total. The Hall–Kier alpha value is -2.07. The molecule has 2 aliphatic rings. The van der Waals surface area contributed by atoms with Crippen molar-refractivity contribution in [2.24, 2.45) is 0 Å². The SMILES string of the molecule is COc1ccc2c(c1)CCC[C@@H]2NCc1ccnc(N2CCCC2)c1. The topological polar surface area (TPSA) is 37.4 Å². The van der Waals surface area contributed by atoms with Crippen molar-refractivity contribution < 1.29 is 4.74 Å². The first-order chi connectivity index (χ1) is 12.3. The minimum Gasteiger partial charge on any atom is -0.497 e. The molecule has 2 aromatic rings. The number of hydrogen-bond donors (Lipinski definition) is 1. The summed E-state index contributed by atoms with van der Waals surface area (Å²) in [4.78, 5) is 6.95. The number of anilines is 1. The molecule has 2 heterocycles. The minimum absolute atomic E-state index is 0.429. The molecule has 1 fully saturated rings. The van der Waals surface area contributed by atoms with Crippen molar-refractivity contribution >= 4 is 5.82 Å². The lowest BCUT2D eigenvalue weighted by Crippen LogP contribution is -2.25. The highest BCUT2D eigenvalue weighted by Crippen LogP contribution is 2.32. The second kappa shape index (κ2) is 7.44. The van der Waals surface area contributed by atoms with Gasteiger partial charge in [0.15, 0.2) is 0 Å². The molecule has 1 aromatic heterocycles. The van der Waals surface area contributed by atoms with E-state index in [1.807, 2.05) is 6.20 Å². The molecule has 0 radical (unpaired) electrons. The van der Waals surface area contributed by atoms with Gasteiger partial charge in [-0.25, -0.2) is 4.98 Å². The van der Waals surface area contributed by atoms with Gasteiger partial charge in [-0.3, -0.25) is 0 Å². The number of aryl methyl sites for hydroxylation is 1. The highest BCUT2D eigenvalue weighted by Gasteiger charge is 2.20. The number of aromatic nitrogens is 1. The number of hydrogen-bond acceptors (Lipinski definition) is 4. The van der Waals surface area contributed by atoms with Gasteiger partial charge in [-0.2, -0.15) is 0 Å². The lowest BCUT2D eigenvalue weighted by molar-refractivity contribution is 0.410. The molecular weight excluding hydrogens is 310 g/mol. The fraction of sp³-hybridized carbons (Fsp3) is 0.476. The predicted molar refractivity (Wildman–Crippen MR) is 101 cm³/mol. The third-order valence-corrected chi connectivity index (χ3v) is 5.46. The summed E-state index contributed by atoms with van der Waals surface area (Å²) in [7, 11) is 1.74. The average Bonchev–Trinajstić information content (AvgIpc) is 3.21. The minimum atomic E-state index is 0.429. The Bertz CT molecular complexity index is 725. The molecule has 4 heteroatoms. The zero-order chi connectivity index (χ0) is 17.1. The van der Waals surface area contributed by atoms with E-state index < -0.39 is 0 Å². The van der Waals surface area contributed by atoms with Gasteiger partial charge in [-0.1, -0.05) is 6.07 Å². The first kappa shape index (κ1) is 16.4. The number of rotatable bonds is 5. The molecule has 132 valence electrons. The molecule has 4 rings (SSSR count). The molecule has 0 saturated carbocycles. The van der Waals surface area contributed by atoms with Crippen LogP contribution in [0.5, 0.6) is 5.75 Å². The number of fused-ring (bicyclic) bond motifs is 1. The summed E-state index contributed by atoms with van der Waals surface area (Å²) in [6, 6.07) is 11.3. The Morgan fingerprint density at radius 2 is 2.04 bits per heavy atom. The number of methoxy groups -OCH3 is 1. The second-order valence-electron chi connectivity index (χ2n) is 7.11. The smallest absolute Gasteiger partial charge is 0.128 e. The second-order valence-corrected chi connectivity index (χ2v) is 7.11. The van der Waals surface area contributed by atoms with Gasteiger partial charge >= 0.3 is 0 Å². The van der Waals surface area contributed by atoms with Gasteiger partial charge in [-0.15, -0.1) is 0 Å². The Kier molecular flexibility index (Phi) is 4.88. The number of nitrogens with one attached hydrogen (secondary N) is 1. The number of pyridine rings is 1. The first-order valence-corrected chi connectivity index (χ1v) is 9.43. The fourth-order valence-corrected chi connectivity index (χ4v) is 4.06. The van der Waals surface area contributed by atoms with Crippen LogP contribution >= 0.6 is 0 Å². The molecule has 0 unspecified atom stereocenters. The maximum Gasteiger partial charge on any atom is 0.128 e. The van der Waals surface area contributed by atoms with Crippen LogP contribution in [0, 0.1) is 0 Å². The van der Waals surface area contributed by atoms with Crippen molar-refractivity contribution in [2.75, 3.05) is 25.1 Å². The van der Waals surface area contributed by atoms with Crippen LogP contribution in [-0.4, -0.2) is 25.2 Å². The standard InChI is InChI=1S/C21H27N3O/c1-25-18-7-8-19-17(14-18)5-4-6-20(19)23-15-16-9-10-22-21(13-16)24-11-2-3-12-24/h7-10,13-14,20,23H,2-6,11-12,15H2,1H3/t20-/m0/s1. The van der Waals surface area contributed by atoms with E-state index in [-0.39, 0.29) is 0 Å². The van der Waals surface area contributed by atoms with E-state index in [0.29, 0.717) is 6.04 Å². The van der Waals surface area contributed by atoms with Crippen LogP contribution in [-0.2, 0) is 13.0 Å². The van der Waals surface area contributed by atoms with Crippen LogP contribution in [0.4, 0.5) is 5.82 Å². The van der Waals surface area contributed by atoms with Crippen LogP contribution < -0.4 is 15.0 Å². The normalized spacial score (nSPS) is 19.7. The molecule has 1 atom stereocenters. The molecule has 0 spiro atoms. The largest absolute Gasteiger partial charge is 0.497 e. The van der Waals surface area contributed by atoms with Crippen LogP contribution in [0.25, 0.3) is 0 Å². The average molecular weight is 337 g/mol. The number of benzene rings is 1. The Morgan fingerprint density at radius 3 is 2.88 bits per heavy atom. The lowest BCUT2D eigenvalue weighted by Gasteiger charge is -2.27. The van der Waals surface area contributed by atoms with Crippen molar-refractivity contribution in [2.45, 2.75) is 44.7 Å². The monoisotopic (exact) mass is 337 g/mol. The Morgan fingerprint density at radius 1 is 1.16 bits per heavy atom. The number of nitrogens with zero attached hydrogens (tertiary/aromatic N) is 2. The molecule has 0 bridgehead atoms. The Balaban J connectivity index is 1.45. The highest BCUT2D eigenvalue weighted by molar-refractivity contribution is 5.42. The summed E-state index contributed by atoms with van der Waals surface area (Å²) < 4.78 is 5.37. The van der Waals surface area contributed by atoms with Crippen molar-refractivity contribution in [3.05, 3.63) is 53.2 Å². The van der Waals surface area contributed by atoms with Gasteiger partial charge in [0.05, 0.1) is 7.11 Å². The van der Waals surface area contributed by atoms with E-state index >= 15 is 0 Å². The van der Waals surface area contributed by atoms with Crippen molar-refractivity contribution in [1.29, 1.82) is 0 Å². The van der Waals surface area contributed by atoms with Crippen molar-refractivity contribution in [3.63, 3.8) is 0 Å². The highest BCUT2D eigenvalue weighted by atomic mass is 16.5. The van der Waals surface area contributed by atoms with Gasteiger partial charge in [0.25, 0.3) is 0 Å². The van der Waals surface area contributed by atoms with Crippen molar-refractivity contribution in [3.8, 4) is 5.75 Å². The van der Waals surface area contributed by atoms with Gasteiger partial charge in [-0.05, 0) is 73.1 Å². The third kappa shape index (κ3) is 3.64. The predicted octanol–water partition coefficient (Wildman–Crippen LogP) is 3.86. The molecule has 1 aliphatic carbocycles. The molecular formula is C21H27N3O. The summed E-state index contributed by atoms with van der Waals surface area (Å²) in [5.41, 5.74) is 4.17. The molecule has 1 saturated heterocycles. The molecule has 1 aliphatic heterocycles. The fourth-order valence-electron chi connectivity index (χ4n) is 4.06. The Labute approximate surface area is 150 Å². The van der Waals surface area contributed by atoms with Gasteiger partial charge in [0.1, 0.15) is 11.6 Å². The van der Waals surface area contributed by atoms with Crippen LogP contribution in [0.1, 0.15) is 48.4 Å². The van der Waals surface area contributed by atoms with E-state index in [4.69, 9.17) is 4.74 Å². The maximum atomic E-state index is 5.37. The van der Waals surface area contributed by atoms with E-state index in [2.05, 4.69) is 45.5 Å². The van der Waals surface area contributed by atoms with Gasteiger partial charge in [0.2, 0.25) is 0 Å². The molecule has 0 amide bonds.